The van der Waals surface area contributed by atoms with Gasteiger partial charge >= 0.3 is 0 Å². The van der Waals surface area contributed by atoms with Crippen LogP contribution in [0.5, 0.6) is 0 Å². The molecule has 2 nitrogen and oxygen atoms in total. The maximum atomic E-state index is 2.64. The summed E-state index contributed by atoms with van der Waals surface area (Å²) in [6.45, 7) is 10.5. The lowest BCUT2D eigenvalue weighted by Crippen LogP contribution is -2.42. The van der Waals surface area contributed by atoms with Crippen LogP contribution in [-0.4, -0.2) is 28.6 Å². The monoisotopic (exact) mass is 434 g/mol. The van der Waals surface area contributed by atoms with Crippen LogP contribution in [0.15, 0.2) is 12.4 Å². The van der Waals surface area contributed by atoms with Gasteiger partial charge in [-0.1, -0.05) is 123 Å². The lowest BCUT2D eigenvalue weighted by Gasteiger charge is -2.35. The Morgan fingerprint density at radius 3 is 1.42 bits per heavy atom. The number of hydrogen-bond acceptors (Lipinski definition) is 2. The van der Waals surface area contributed by atoms with Crippen molar-refractivity contribution in [1.29, 1.82) is 0 Å². The number of nitrogens with zero attached hydrogens (tertiary/aromatic N) is 2. The summed E-state index contributed by atoms with van der Waals surface area (Å²) >= 11 is 0. The van der Waals surface area contributed by atoms with Gasteiger partial charge in [-0.2, -0.15) is 0 Å². The van der Waals surface area contributed by atoms with Gasteiger partial charge in [-0.15, -0.1) is 0 Å². The van der Waals surface area contributed by atoms with Crippen LogP contribution in [0.3, 0.4) is 0 Å². The van der Waals surface area contributed by atoms with E-state index in [0.717, 1.165) is 0 Å². The molecule has 0 N–H and O–H groups in total. The highest BCUT2D eigenvalue weighted by Gasteiger charge is 2.26. The molecule has 2 heteroatoms. The van der Waals surface area contributed by atoms with Crippen molar-refractivity contribution in [2.75, 3.05) is 6.54 Å². The normalized spacial score (nSPS) is 16.2. The van der Waals surface area contributed by atoms with Crippen molar-refractivity contribution in [3.8, 4) is 0 Å². The van der Waals surface area contributed by atoms with Crippen molar-refractivity contribution < 1.29 is 0 Å². The van der Waals surface area contributed by atoms with E-state index in [4.69, 9.17) is 0 Å². The summed E-state index contributed by atoms with van der Waals surface area (Å²) in [6, 6.07) is 0.609. The van der Waals surface area contributed by atoms with Gasteiger partial charge in [0.25, 0.3) is 0 Å². The molecular formula is C29H58N2. The average molecular weight is 435 g/mol. The Morgan fingerprint density at radius 2 is 0.968 bits per heavy atom. The summed E-state index contributed by atoms with van der Waals surface area (Å²) < 4.78 is 0. The van der Waals surface area contributed by atoms with Crippen molar-refractivity contribution in [2.24, 2.45) is 0 Å². The van der Waals surface area contributed by atoms with Crippen LogP contribution in [0.25, 0.3) is 0 Å². The topological polar surface area (TPSA) is 6.48 Å². The van der Waals surface area contributed by atoms with Crippen molar-refractivity contribution in [3.63, 3.8) is 0 Å². The van der Waals surface area contributed by atoms with Crippen LogP contribution in [-0.2, 0) is 0 Å². The quantitative estimate of drug-likeness (QED) is 0.156. The summed E-state index contributed by atoms with van der Waals surface area (Å²) in [5.41, 5.74) is 0. The van der Waals surface area contributed by atoms with Crippen LogP contribution < -0.4 is 0 Å². The minimum absolute atomic E-state index is 0.609. The molecule has 1 unspecified atom stereocenters. The fourth-order valence-corrected chi connectivity index (χ4v) is 5.01. The average Bonchev–Trinajstić information content (AvgIpc) is 3.17. The summed E-state index contributed by atoms with van der Waals surface area (Å²) in [5, 5.41) is 0. The Balaban J connectivity index is 2.07. The fraction of sp³-hybridized carbons (Fsp3) is 0.931. The molecule has 1 rings (SSSR count). The maximum absolute atomic E-state index is 2.64. The van der Waals surface area contributed by atoms with E-state index in [0.29, 0.717) is 12.2 Å². The smallest absolute Gasteiger partial charge is 0.101 e. The maximum Gasteiger partial charge on any atom is 0.101 e. The molecule has 0 saturated heterocycles. The highest BCUT2D eigenvalue weighted by Crippen LogP contribution is 2.25. The van der Waals surface area contributed by atoms with Gasteiger partial charge in [0.15, 0.2) is 0 Å². The van der Waals surface area contributed by atoms with Gasteiger partial charge in [0.2, 0.25) is 0 Å². The molecule has 0 bridgehead atoms. The molecule has 0 fully saturated rings. The van der Waals surface area contributed by atoms with E-state index in [1.165, 1.54) is 135 Å². The summed E-state index contributed by atoms with van der Waals surface area (Å²) in [6.07, 6.45) is 33.8. The number of unbranched alkanes of at least 4 members (excludes halogenated alkanes) is 17. The molecule has 0 amide bonds. The van der Waals surface area contributed by atoms with E-state index in [1.807, 2.05) is 0 Å². The first-order valence-electron chi connectivity index (χ1n) is 14.4. The van der Waals surface area contributed by atoms with Gasteiger partial charge in [0, 0.05) is 25.0 Å². The summed E-state index contributed by atoms with van der Waals surface area (Å²) in [7, 11) is 0. The van der Waals surface area contributed by atoms with Gasteiger partial charge < -0.3 is 9.80 Å². The Bertz CT molecular complexity index is 404. The van der Waals surface area contributed by atoms with E-state index in [2.05, 4.69) is 49.9 Å². The zero-order chi connectivity index (χ0) is 22.6. The molecule has 1 atom stereocenters. The molecule has 0 radical (unpaired) electrons. The van der Waals surface area contributed by atoms with Gasteiger partial charge in [-0.3, -0.25) is 0 Å². The van der Waals surface area contributed by atoms with Crippen LogP contribution in [0.2, 0.25) is 0 Å². The van der Waals surface area contributed by atoms with Crippen molar-refractivity contribution in [1.82, 2.24) is 9.80 Å². The molecule has 0 aromatic carbocycles. The molecule has 0 spiro atoms. The van der Waals surface area contributed by atoms with E-state index in [-0.39, 0.29) is 0 Å². The molecule has 0 aliphatic carbocycles. The van der Waals surface area contributed by atoms with Crippen LogP contribution in [0.4, 0.5) is 0 Å². The van der Waals surface area contributed by atoms with Gasteiger partial charge in [0.1, 0.15) is 6.17 Å². The molecule has 184 valence electrons. The SMILES string of the molecule is CCCCCCCCCCCCCCCC1N(CCCCCCCC)C=CN1C(C)C. The molecule has 31 heavy (non-hydrogen) atoms. The molecule has 0 aromatic rings. The third-order valence-electron chi connectivity index (χ3n) is 7.09. The van der Waals surface area contributed by atoms with Crippen LogP contribution in [0, 0.1) is 0 Å². The highest BCUT2D eigenvalue weighted by molar-refractivity contribution is 4.98. The summed E-state index contributed by atoms with van der Waals surface area (Å²) in [4.78, 5) is 5.23. The number of hydrogen-bond donors (Lipinski definition) is 0. The lowest BCUT2D eigenvalue weighted by molar-refractivity contribution is 0.114. The van der Waals surface area contributed by atoms with Crippen molar-refractivity contribution in [2.45, 2.75) is 168 Å². The Hall–Kier alpha value is -0.660. The molecule has 1 heterocycles. The Morgan fingerprint density at radius 1 is 0.548 bits per heavy atom. The standard InChI is InChI=1S/C29H58N2/c1-5-7-9-11-13-14-15-16-17-18-19-20-22-24-29-30(26-27-31(29)28(3)4)25-23-21-12-10-8-6-2/h26-29H,5-25H2,1-4H3. The van der Waals surface area contributed by atoms with E-state index in [9.17, 15) is 0 Å². The minimum Gasteiger partial charge on any atom is -0.356 e. The largest absolute Gasteiger partial charge is 0.356 e. The predicted molar refractivity (Wildman–Crippen MR) is 140 cm³/mol. The molecule has 1 aliphatic rings. The van der Waals surface area contributed by atoms with Crippen LogP contribution >= 0.6 is 0 Å². The zero-order valence-electron chi connectivity index (χ0n) is 22.1. The van der Waals surface area contributed by atoms with Crippen molar-refractivity contribution in [3.05, 3.63) is 12.4 Å². The minimum atomic E-state index is 0.609. The first-order valence-corrected chi connectivity index (χ1v) is 14.4. The van der Waals surface area contributed by atoms with E-state index < -0.39 is 0 Å². The third-order valence-corrected chi connectivity index (χ3v) is 7.09. The molecule has 1 aliphatic heterocycles. The van der Waals surface area contributed by atoms with Crippen LogP contribution in [0.1, 0.15) is 156 Å². The molecule has 0 saturated carbocycles. The predicted octanol–water partition coefficient (Wildman–Crippen LogP) is 9.65. The third kappa shape index (κ3) is 14.2. The first-order chi connectivity index (χ1) is 15.2. The second-order valence-electron chi connectivity index (χ2n) is 10.4. The second kappa shape index (κ2) is 20.0. The van der Waals surface area contributed by atoms with E-state index in [1.54, 1.807) is 0 Å². The Kier molecular flexibility index (Phi) is 18.3. The Labute approximate surface area is 197 Å². The number of rotatable bonds is 22. The molecular weight excluding hydrogens is 376 g/mol. The second-order valence-corrected chi connectivity index (χ2v) is 10.4. The fourth-order valence-electron chi connectivity index (χ4n) is 5.01. The van der Waals surface area contributed by atoms with Crippen molar-refractivity contribution >= 4 is 0 Å². The highest BCUT2D eigenvalue weighted by atomic mass is 15.4. The molecule has 0 aromatic heterocycles. The summed E-state index contributed by atoms with van der Waals surface area (Å²) in [5.74, 6) is 0. The van der Waals surface area contributed by atoms with E-state index >= 15 is 0 Å². The first kappa shape index (κ1) is 28.4. The van der Waals surface area contributed by atoms with Gasteiger partial charge in [-0.05, 0) is 33.1 Å². The van der Waals surface area contributed by atoms with Gasteiger partial charge in [0.05, 0.1) is 0 Å². The zero-order valence-corrected chi connectivity index (χ0v) is 22.1. The van der Waals surface area contributed by atoms with Gasteiger partial charge in [-0.25, -0.2) is 0 Å². The lowest BCUT2D eigenvalue weighted by atomic mass is 10.0.